The fourth-order valence-corrected chi connectivity index (χ4v) is 2.17. The predicted octanol–water partition coefficient (Wildman–Crippen LogP) is 3.39. The Morgan fingerprint density at radius 3 is 2.88 bits per heavy atom. The summed E-state index contributed by atoms with van der Waals surface area (Å²) in [5.41, 5.74) is 2.90. The Morgan fingerprint density at radius 2 is 2.24 bits per heavy atom. The van der Waals surface area contributed by atoms with E-state index in [9.17, 15) is 4.79 Å². The van der Waals surface area contributed by atoms with Crippen molar-refractivity contribution in [1.82, 2.24) is 0 Å². The van der Waals surface area contributed by atoms with E-state index in [2.05, 4.69) is 19.9 Å². The van der Waals surface area contributed by atoms with E-state index in [-0.39, 0.29) is 5.60 Å². The molecule has 0 unspecified atom stereocenters. The van der Waals surface area contributed by atoms with Crippen LogP contribution in [0.5, 0.6) is 5.75 Å². The minimum atomic E-state index is -0.139. The third-order valence-electron chi connectivity index (χ3n) is 3.02. The zero-order valence-corrected chi connectivity index (χ0v) is 10.6. The molecular weight excluding hydrogens is 212 g/mol. The van der Waals surface area contributed by atoms with Crippen molar-refractivity contribution < 1.29 is 9.53 Å². The fraction of sp³-hybridized carbons (Fsp3) is 0.400. The second kappa shape index (κ2) is 4.36. The first-order valence-corrected chi connectivity index (χ1v) is 6.02. The van der Waals surface area contributed by atoms with E-state index in [1.165, 1.54) is 5.56 Å². The van der Waals surface area contributed by atoms with E-state index >= 15 is 0 Å². The number of hydrogen-bond acceptors (Lipinski definition) is 2. The van der Waals surface area contributed by atoms with Gasteiger partial charge in [-0.2, -0.15) is 0 Å². The number of aldehydes is 1. The van der Waals surface area contributed by atoms with Gasteiger partial charge >= 0.3 is 0 Å². The van der Waals surface area contributed by atoms with Crippen LogP contribution in [0.4, 0.5) is 0 Å². The normalized spacial score (nSPS) is 17.5. The van der Waals surface area contributed by atoms with Crippen molar-refractivity contribution in [2.24, 2.45) is 0 Å². The van der Waals surface area contributed by atoms with Gasteiger partial charge in [0.05, 0.1) is 0 Å². The van der Waals surface area contributed by atoms with E-state index in [1.807, 2.05) is 25.1 Å². The first-order valence-electron chi connectivity index (χ1n) is 6.02. The topological polar surface area (TPSA) is 26.3 Å². The molecule has 0 aromatic heterocycles. The van der Waals surface area contributed by atoms with Crippen molar-refractivity contribution in [2.75, 3.05) is 0 Å². The molecule has 0 aliphatic carbocycles. The van der Waals surface area contributed by atoms with Gasteiger partial charge in [0.15, 0.2) is 0 Å². The number of carbonyl (C=O) groups is 1. The number of allylic oxidation sites excluding steroid dienone is 1. The number of fused-ring (bicyclic) bond motifs is 1. The molecule has 0 fully saturated rings. The third-order valence-corrected chi connectivity index (χ3v) is 3.02. The summed E-state index contributed by atoms with van der Waals surface area (Å²) in [6.07, 6.45) is 4.51. The average molecular weight is 230 g/mol. The summed E-state index contributed by atoms with van der Waals surface area (Å²) in [6, 6.07) is 6.11. The highest BCUT2D eigenvalue weighted by Crippen LogP contribution is 2.38. The van der Waals surface area contributed by atoms with Crippen molar-refractivity contribution in [3.05, 3.63) is 34.9 Å². The Hall–Kier alpha value is -1.57. The molecule has 1 aromatic rings. The maximum absolute atomic E-state index is 10.9. The van der Waals surface area contributed by atoms with Gasteiger partial charge in [0.25, 0.3) is 0 Å². The van der Waals surface area contributed by atoms with Gasteiger partial charge in [-0.25, -0.2) is 0 Å². The van der Waals surface area contributed by atoms with Crippen LogP contribution in [-0.2, 0) is 11.2 Å². The monoisotopic (exact) mass is 230 g/mol. The molecule has 90 valence electrons. The highest BCUT2D eigenvalue weighted by atomic mass is 16.5. The number of carbonyl (C=O) groups excluding carboxylic acids is 1. The van der Waals surface area contributed by atoms with E-state index in [4.69, 9.17) is 4.74 Å². The lowest BCUT2D eigenvalue weighted by atomic mass is 10.00. The molecule has 0 saturated heterocycles. The number of ether oxygens (including phenoxy) is 1. The standard InChI is InChI=1S/C15H18O2/c1-4-11(10-16)8-12-6-5-7-13-9-15(2,3)17-14(12)13/h5-8,10H,4,9H2,1-3H3. The van der Waals surface area contributed by atoms with Gasteiger partial charge in [-0.3, -0.25) is 4.79 Å². The molecule has 1 aromatic carbocycles. The highest BCUT2D eigenvalue weighted by Gasteiger charge is 2.31. The lowest BCUT2D eigenvalue weighted by molar-refractivity contribution is -0.104. The number of hydrogen-bond donors (Lipinski definition) is 0. The van der Waals surface area contributed by atoms with E-state index in [0.717, 1.165) is 36.0 Å². The average Bonchev–Trinajstić information content (AvgIpc) is 2.60. The smallest absolute Gasteiger partial charge is 0.146 e. The molecule has 0 amide bonds. The molecule has 0 atom stereocenters. The second-order valence-corrected chi connectivity index (χ2v) is 5.06. The molecule has 0 saturated carbocycles. The van der Waals surface area contributed by atoms with E-state index in [1.54, 1.807) is 0 Å². The van der Waals surface area contributed by atoms with Crippen molar-refractivity contribution in [2.45, 2.75) is 39.2 Å². The molecule has 0 N–H and O–H groups in total. The summed E-state index contributed by atoms with van der Waals surface area (Å²) < 4.78 is 5.95. The first-order chi connectivity index (χ1) is 8.05. The number of rotatable bonds is 3. The van der Waals surface area contributed by atoms with E-state index in [0.29, 0.717) is 0 Å². The summed E-state index contributed by atoms with van der Waals surface area (Å²) in [5, 5.41) is 0. The SMILES string of the molecule is CCC(C=O)=Cc1cccc2c1OC(C)(C)C2. The zero-order chi connectivity index (χ0) is 12.5. The molecule has 0 bridgehead atoms. The molecule has 2 nitrogen and oxygen atoms in total. The Morgan fingerprint density at radius 1 is 1.47 bits per heavy atom. The Bertz CT molecular complexity index is 470. The zero-order valence-electron chi connectivity index (χ0n) is 10.6. The van der Waals surface area contributed by atoms with Gasteiger partial charge in [-0.05, 0) is 37.5 Å². The molecule has 1 aliphatic heterocycles. The maximum atomic E-state index is 10.9. The van der Waals surface area contributed by atoms with Crippen LogP contribution in [0.1, 0.15) is 38.3 Å². The van der Waals surface area contributed by atoms with Crippen LogP contribution in [-0.4, -0.2) is 11.9 Å². The van der Waals surface area contributed by atoms with Crippen molar-refractivity contribution >= 4 is 12.4 Å². The first kappa shape index (κ1) is 11.9. The molecule has 17 heavy (non-hydrogen) atoms. The summed E-state index contributed by atoms with van der Waals surface area (Å²) in [4.78, 5) is 10.9. The van der Waals surface area contributed by atoms with Crippen LogP contribution in [0.3, 0.4) is 0 Å². The minimum absolute atomic E-state index is 0.139. The Balaban J connectivity index is 2.43. The number of benzene rings is 1. The minimum Gasteiger partial charge on any atom is -0.487 e. The van der Waals surface area contributed by atoms with Gasteiger partial charge in [-0.15, -0.1) is 0 Å². The molecule has 0 radical (unpaired) electrons. The van der Waals surface area contributed by atoms with Crippen LogP contribution >= 0.6 is 0 Å². The van der Waals surface area contributed by atoms with Crippen LogP contribution in [0.15, 0.2) is 23.8 Å². The third kappa shape index (κ3) is 2.41. The van der Waals surface area contributed by atoms with Crippen molar-refractivity contribution in [3.63, 3.8) is 0 Å². The highest BCUT2D eigenvalue weighted by molar-refractivity contribution is 5.83. The van der Waals surface area contributed by atoms with Crippen molar-refractivity contribution in [1.29, 1.82) is 0 Å². The second-order valence-electron chi connectivity index (χ2n) is 5.06. The van der Waals surface area contributed by atoms with Crippen LogP contribution in [0, 0.1) is 0 Å². The molecule has 2 rings (SSSR count). The summed E-state index contributed by atoms with van der Waals surface area (Å²) >= 11 is 0. The Labute approximate surface area is 102 Å². The quantitative estimate of drug-likeness (QED) is 0.587. The summed E-state index contributed by atoms with van der Waals surface area (Å²) in [6.45, 7) is 6.15. The summed E-state index contributed by atoms with van der Waals surface area (Å²) in [7, 11) is 0. The molecule has 0 spiro atoms. The van der Waals surface area contributed by atoms with E-state index < -0.39 is 0 Å². The molecular formula is C15H18O2. The van der Waals surface area contributed by atoms with Gasteiger partial charge in [0, 0.05) is 12.0 Å². The summed E-state index contributed by atoms with van der Waals surface area (Å²) in [5.74, 6) is 0.935. The largest absolute Gasteiger partial charge is 0.487 e. The van der Waals surface area contributed by atoms with Crippen LogP contribution < -0.4 is 4.74 Å². The van der Waals surface area contributed by atoms with Gasteiger partial charge < -0.3 is 4.74 Å². The molecule has 1 heterocycles. The Kier molecular flexibility index (Phi) is 3.05. The van der Waals surface area contributed by atoms with Crippen LogP contribution in [0.2, 0.25) is 0 Å². The van der Waals surface area contributed by atoms with Crippen LogP contribution in [0.25, 0.3) is 6.08 Å². The molecule has 2 heteroatoms. The van der Waals surface area contributed by atoms with Gasteiger partial charge in [-0.1, -0.05) is 25.1 Å². The lowest BCUT2D eigenvalue weighted by Crippen LogP contribution is -2.24. The maximum Gasteiger partial charge on any atom is 0.146 e. The predicted molar refractivity (Wildman–Crippen MR) is 69.2 cm³/mol. The van der Waals surface area contributed by atoms with Gasteiger partial charge in [0.2, 0.25) is 0 Å². The van der Waals surface area contributed by atoms with Gasteiger partial charge in [0.1, 0.15) is 17.6 Å². The lowest BCUT2D eigenvalue weighted by Gasteiger charge is -2.17. The fourth-order valence-electron chi connectivity index (χ4n) is 2.17. The van der Waals surface area contributed by atoms with Crippen molar-refractivity contribution in [3.8, 4) is 5.75 Å². The number of para-hydroxylation sites is 1. The molecule has 1 aliphatic rings.